The first-order valence-corrected chi connectivity index (χ1v) is 10.6. The molecule has 0 spiro atoms. The molecule has 29 heavy (non-hydrogen) atoms. The van der Waals surface area contributed by atoms with Gasteiger partial charge in [0.2, 0.25) is 0 Å². The van der Waals surface area contributed by atoms with Gasteiger partial charge in [0, 0.05) is 11.3 Å². The molecule has 0 saturated carbocycles. The van der Waals surface area contributed by atoms with E-state index < -0.39 is 27.6 Å². The first-order valence-electron chi connectivity index (χ1n) is 8.20. The van der Waals surface area contributed by atoms with Crippen molar-refractivity contribution in [1.29, 1.82) is 0 Å². The molecule has 0 fully saturated rings. The van der Waals surface area contributed by atoms with E-state index in [0.29, 0.717) is 5.69 Å². The largest absolute Gasteiger partial charge is 0.505 e. The third kappa shape index (κ3) is 4.55. The summed E-state index contributed by atoms with van der Waals surface area (Å²) in [6.45, 7) is 0. The lowest BCUT2D eigenvalue weighted by Crippen LogP contribution is -2.14. The minimum Gasteiger partial charge on any atom is -0.505 e. The van der Waals surface area contributed by atoms with Crippen LogP contribution in [-0.2, 0) is 14.8 Å². The smallest absolute Gasteiger partial charge is 0.341 e. The van der Waals surface area contributed by atoms with Crippen LogP contribution in [0.5, 0.6) is 5.75 Å². The predicted molar refractivity (Wildman–Crippen MR) is 109 cm³/mol. The number of rotatable bonds is 6. The third-order valence-electron chi connectivity index (χ3n) is 3.85. The Hall–Kier alpha value is -3.37. The number of sulfonamides is 1. The van der Waals surface area contributed by atoms with Gasteiger partial charge in [-0.25, -0.2) is 13.2 Å². The maximum Gasteiger partial charge on any atom is 0.341 e. The van der Waals surface area contributed by atoms with Crippen molar-refractivity contribution in [3.63, 3.8) is 0 Å². The van der Waals surface area contributed by atoms with Gasteiger partial charge in [-0.1, -0.05) is 12.1 Å². The summed E-state index contributed by atoms with van der Waals surface area (Å²) >= 11 is 1.09. The van der Waals surface area contributed by atoms with E-state index in [1.165, 1.54) is 55.6 Å². The molecule has 0 aliphatic carbocycles. The molecular weight excluding hydrogens is 416 g/mol. The van der Waals surface area contributed by atoms with Crippen LogP contribution in [-0.4, -0.2) is 32.5 Å². The molecule has 1 heterocycles. The van der Waals surface area contributed by atoms with Crippen LogP contribution in [0.4, 0.5) is 11.4 Å². The van der Waals surface area contributed by atoms with Gasteiger partial charge >= 0.3 is 5.97 Å². The Bertz CT molecular complexity index is 1140. The van der Waals surface area contributed by atoms with Crippen LogP contribution < -0.4 is 10.0 Å². The molecular formula is C19H16N2O6S2. The number of para-hydroxylation sites is 1. The zero-order chi connectivity index (χ0) is 21.0. The number of methoxy groups -OCH3 is 1. The first-order chi connectivity index (χ1) is 13.8. The van der Waals surface area contributed by atoms with Gasteiger partial charge in [-0.05, 0) is 47.8 Å². The van der Waals surface area contributed by atoms with E-state index in [2.05, 4.69) is 14.8 Å². The van der Waals surface area contributed by atoms with Gasteiger partial charge in [-0.15, -0.1) is 11.3 Å². The molecule has 150 valence electrons. The van der Waals surface area contributed by atoms with E-state index in [0.717, 1.165) is 11.3 Å². The van der Waals surface area contributed by atoms with Crippen molar-refractivity contribution in [2.24, 2.45) is 0 Å². The van der Waals surface area contributed by atoms with E-state index in [4.69, 9.17) is 0 Å². The van der Waals surface area contributed by atoms with Crippen molar-refractivity contribution < 1.29 is 27.9 Å². The molecule has 0 atom stereocenters. The Labute approximate surface area is 170 Å². The summed E-state index contributed by atoms with van der Waals surface area (Å²) < 4.78 is 31.6. The van der Waals surface area contributed by atoms with E-state index in [1.807, 2.05) is 0 Å². The fourth-order valence-corrected chi connectivity index (χ4v) is 4.48. The van der Waals surface area contributed by atoms with Crippen molar-refractivity contribution in [3.8, 4) is 5.75 Å². The summed E-state index contributed by atoms with van der Waals surface area (Å²) in [5.74, 6) is -1.69. The lowest BCUT2D eigenvalue weighted by Gasteiger charge is -2.11. The summed E-state index contributed by atoms with van der Waals surface area (Å²) in [4.78, 5) is 24.1. The van der Waals surface area contributed by atoms with E-state index in [9.17, 15) is 23.1 Å². The van der Waals surface area contributed by atoms with Crippen molar-refractivity contribution in [3.05, 3.63) is 71.1 Å². The number of carbonyl (C=O) groups excluding carboxylic acids is 2. The summed E-state index contributed by atoms with van der Waals surface area (Å²) in [6, 6.07) is 13.2. The molecule has 0 aliphatic heterocycles. The Morgan fingerprint density at radius 2 is 1.76 bits per heavy atom. The first kappa shape index (κ1) is 20.4. The number of ether oxygens (including phenoxy) is 1. The van der Waals surface area contributed by atoms with Gasteiger partial charge in [-0.2, -0.15) is 0 Å². The van der Waals surface area contributed by atoms with E-state index >= 15 is 0 Å². The Morgan fingerprint density at radius 3 is 2.38 bits per heavy atom. The lowest BCUT2D eigenvalue weighted by atomic mass is 10.1. The minimum absolute atomic E-state index is 0.0420. The number of thiophene rings is 1. The highest BCUT2D eigenvalue weighted by Gasteiger charge is 2.18. The zero-order valence-corrected chi connectivity index (χ0v) is 16.7. The van der Waals surface area contributed by atoms with Crippen LogP contribution in [0.3, 0.4) is 0 Å². The molecule has 1 aromatic heterocycles. The van der Waals surface area contributed by atoms with Crippen LogP contribution in [0, 0.1) is 0 Å². The highest BCUT2D eigenvalue weighted by molar-refractivity contribution is 7.94. The van der Waals surface area contributed by atoms with Crippen LogP contribution in [0.15, 0.2) is 64.2 Å². The normalized spacial score (nSPS) is 10.9. The topological polar surface area (TPSA) is 122 Å². The third-order valence-corrected chi connectivity index (χ3v) is 6.63. The fraction of sp³-hybridized carbons (Fsp3) is 0.0526. The summed E-state index contributed by atoms with van der Waals surface area (Å²) in [6.07, 6.45) is 0. The second-order valence-electron chi connectivity index (χ2n) is 5.76. The Morgan fingerprint density at radius 1 is 1.03 bits per heavy atom. The molecule has 3 rings (SSSR count). The molecule has 3 N–H and O–H groups in total. The van der Waals surface area contributed by atoms with Gasteiger partial charge in [0.25, 0.3) is 15.9 Å². The predicted octanol–water partition coefficient (Wildman–Crippen LogP) is 3.29. The second kappa shape index (κ2) is 8.33. The Balaban J connectivity index is 1.74. The molecule has 0 radical (unpaired) electrons. The summed E-state index contributed by atoms with van der Waals surface area (Å²) in [5, 5.41) is 14.3. The molecule has 1 amide bonds. The number of hydrogen-bond acceptors (Lipinski definition) is 7. The van der Waals surface area contributed by atoms with Gasteiger partial charge in [0.1, 0.15) is 9.77 Å². The number of phenols is 1. The van der Waals surface area contributed by atoms with E-state index in [-0.39, 0.29) is 21.0 Å². The highest BCUT2D eigenvalue weighted by atomic mass is 32.2. The van der Waals surface area contributed by atoms with Crippen molar-refractivity contribution >= 4 is 44.6 Å². The molecule has 2 aromatic carbocycles. The molecule has 8 nitrogen and oxygen atoms in total. The average Bonchev–Trinajstić information content (AvgIpc) is 3.25. The van der Waals surface area contributed by atoms with E-state index in [1.54, 1.807) is 11.4 Å². The number of hydrogen-bond donors (Lipinski definition) is 3. The second-order valence-corrected chi connectivity index (χ2v) is 8.62. The maximum atomic E-state index is 12.4. The SMILES string of the molecule is COC(=O)c1cccc(NC(=O)c2ccc(NS(=O)(=O)c3cccs3)cc2)c1O. The highest BCUT2D eigenvalue weighted by Crippen LogP contribution is 2.28. The standard InChI is InChI=1S/C19H16N2O6S2/c1-27-19(24)14-4-2-5-15(17(14)22)20-18(23)12-7-9-13(10-8-12)21-29(25,26)16-6-3-11-28-16/h2-11,21-22H,1H3,(H,20,23). The molecule has 10 heteroatoms. The molecule has 3 aromatic rings. The number of benzene rings is 2. The summed E-state index contributed by atoms with van der Waals surface area (Å²) in [5.41, 5.74) is 0.487. The number of phenolic OH excluding ortho intramolecular Hbond substituents is 1. The molecule has 0 bridgehead atoms. The van der Waals surface area contributed by atoms with Gasteiger partial charge in [0.15, 0.2) is 5.75 Å². The number of aromatic hydroxyl groups is 1. The summed E-state index contributed by atoms with van der Waals surface area (Å²) in [7, 11) is -2.50. The monoisotopic (exact) mass is 432 g/mol. The number of amides is 1. The molecule has 0 unspecified atom stereocenters. The van der Waals surface area contributed by atoms with Crippen LogP contribution >= 0.6 is 11.3 Å². The quantitative estimate of drug-likeness (QED) is 0.406. The van der Waals surface area contributed by atoms with Gasteiger partial charge in [0.05, 0.1) is 12.8 Å². The van der Waals surface area contributed by atoms with Crippen LogP contribution in [0.2, 0.25) is 0 Å². The van der Waals surface area contributed by atoms with Gasteiger partial charge in [-0.3, -0.25) is 9.52 Å². The molecule has 0 saturated heterocycles. The van der Waals surface area contributed by atoms with Gasteiger partial charge < -0.3 is 15.2 Å². The van der Waals surface area contributed by atoms with Crippen molar-refractivity contribution in [1.82, 2.24) is 0 Å². The van der Waals surface area contributed by atoms with Crippen molar-refractivity contribution in [2.45, 2.75) is 4.21 Å². The molecule has 0 aliphatic rings. The lowest BCUT2D eigenvalue weighted by molar-refractivity contribution is 0.0597. The van der Waals surface area contributed by atoms with Crippen LogP contribution in [0.1, 0.15) is 20.7 Å². The fourth-order valence-electron chi connectivity index (χ4n) is 2.43. The maximum absolute atomic E-state index is 12.4. The Kier molecular flexibility index (Phi) is 5.85. The zero-order valence-electron chi connectivity index (χ0n) is 15.1. The number of esters is 1. The van der Waals surface area contributed by atoms with Crippen molar-refractivity contribution in [2.75, 3.05) is 17.1 Å². The minimum atomic E-state index is -3.68. The average molecular weight is 432 g/mol. The van der Waals surface area contributed by atoms with Crippen LogP contribution in [0.25, 0.3) is 0 Å². The number of nitrogens with one attached hydrogen (secondary N) is 2. The number of anilines is 2. The number of carbonyl (C=O) groups is 2.